The third kappa shape index (κ3) is 2.74. The molecule has 0 aliphatic heterocycles. The molecule has 0 atom stereocenters. The van der Waals surface area contributed by atoms with Gasteiger partial charge in [0.1, 0.15) is 0 Å². The molecule has 0 heterocycles. The van der Waals surface area contributed by atoms with Crippen LogP contribution in [0.1, 0.15) is 31.2 Å². The average Bonchev–Trinajstić information content (AvgIpc) is 2.77. The van der Waals surface area contributed by atoms with Gasteiger partial charge in [0.25, 0.3) is 0 Å². The molecule has 1 aliphatic rings. The molecule has 100 valence electrons. The molecule has 0 bridgehead atoms. The summed E-state index contributed by atoms with van der Waals surface area (Å²) < 4.78 is 27.5. The fraction of sp³-hybridized carbons (Fsp3) is 0.538. The Kier molecular flexibility index (Phi) is 3.75. The van der Waals surface area contributed by atoms with Crippen LogP contribution in [0.15, 0.2) is 29.2 Å². The molecule has 18 heavy (non-hydrogen) atoms. The number of benzene rings is 1. The normalized spacial score (nSPS) is 19.0. The lowest BCUT2D eigenvalue weighted by Gasteiger charge is -2.28. The zero-order chi connectivity index (χ0) is 13.2. The van der Waals surface area contributed by atoms with Crippen molar-refractivity contribution in [1.29, 1.82) is 0 Å². The third-order valence-electron chi connectivity index (χ3n) is 3.60. The zero-order valence-electron chi connectivity index (χ0n) is 10.6. The van der Waals surface area contributed by atoms with Crippen LogP contribution in [0.4, 0.5) is 0 Å². The van der Waals surface area contributed by atoms with Crippen molar-refractivity contribution >= 4 is 10.0 Å². The van der Waals surface area contributed by atoms with E-state index in [-0.39, 0.29) is 0 Å². The van der Waals surface area contributed by atoms with Gasteiger partial charge in [0.15, 0.2) is 0 Å². The number of aryl methyl sites for hydroxylation is 1. The summed E-state index contributed by atoms with van der Waals surface area (Å²) in [6, 6.07) is 6.94. The summed E-state index contributed by atoms with van der Waals surface area (Å²) in [5.41, 5.74) is 6.25. The molecule has 1 fully saturated rings. The van der Waals surface area contributed by atoms with Gasteiger partial charge in [-0.05, 0) is 37.5 Å². The van der Waals surface area contributed by atoms with E-state index in [1.807, 2.05) is 13.0 Å². The third-order valence-corrected chi connectivity index (χ3v) is 5.18. The fourth-order valence-corrected chi connectivity index (χ4v) is 4.10. The monoisotopic (exact) mass is 268 g/mol. The summed E-state index contributed by atoms with van der Waals surface area (Å²) in [6.45, 7) is 2.24. The van der Waals surface area contributed by atoms with E-state index in [1.165, 1.54) is 0 Å². The lowest BCUT2D eigenvalue weighted by atomic mass is 10.0. The zero-order valence-corrected chi connectivity index (χ0v) is 11.5. The van der Waals surface area contributed by atoms with E-state index in [1.54, 1.807) is 18.2 Å². The number of hydrogen-bond acceptors (Lipinski definition) is 3. The molecule has 0 amide bonds. The first-order valence-electron chi connectivity index (χ1n) is 6.28. The van der Waals surface area contributed by atoms with Crippen LogP contribution in [0.2, 0.25) is 0 Å². The Hall–Kier alpha value is -0.910. The molecule has 0 unspecified atom stereocenters. The number of nitrogens with two attached hydrogens (primary N) is 1. The van der Waals surface area contributed by atoms with Gasteiger partial charge in [0, 0.05) is 12.1 Å². The van der Waals surface area contributed by atoms with Crippen molar-refractivity contribution < 1.29 is 8.42 Å². The van der Waals surface area contributed by atoms with E-state index in [2.05, 4.69) is 4.72 Å². The van der Waals surface area contributed by atoms with Crippen LogP contribution in [0.5, 0.6) is 0 Å². The molecule has 0 spiro atoms. The van der Waals surface area contributed by atoms with Gasteiger partial charge in [0.2, 0.25) is 10.0 Å². The molecule has 1 aromatic carbocycles. The molecule has 1 saturated carbocycles. The molecule has 4 nitrogen and oxygen atoms in total. The minimum atomic E-state index is -3.47. The summed E-state index contributed by atoms with van der Waals surface area (Å²) in [5.74, 6) is 0. The van der Waals surface area contributed by atoms with Crippen LogP contribution in [0.3, 0.4) is 0 Å². The van der Waals surface area contributed by atoms with Crippen molar-refractivity contribution in [2.45, 2.75) is 43.0 Å². The first kappa shape index (κ1) is 13.5. The highest BCUT2D eigenvalue weighted by atomic mass is 32.2. The van der Waals surface area contributed by atoms with Crippen LogP contribution in [0.25, 0.3) is 0 Å². The lowest BCUT2D eigenvalue weighted by molar-refractivity contribution is 0.399. The van der Waals surface area contributed by atoms with Crippen molar-refractivity contribution in [3.05, 3.63) is 29.8 Å². The van der Waals surface area contributed by atoms with Crippen molar-refractivity contribution in [2.75, 3.05) is 6.54 Å². The second-order valence-electron chi connectivity index (χ2n) is 5.11. The Morgan fingerprint density at radius 2 is 2.00 bits per heavy atom. The van der Waals surface area contributed by atoms with E-state index in [0.717, 1.165) is 31.2 Å². The van der Waals surface area contributed by atoms with Gasteiger partial charge in [-0.3, -0.25) is 0 Å². The summed E-state index contributed by atoms with van der Waals surface area (Å²) in [5, 5.41) is 0. The summed E-state index contributed by atoms with van der Waals surface area (Å²) in [7, 11) is -3.47. The second kappa shape index (κ2) is 4.99. The first-order valence-corrected chi connectivity index (χ1v) is 7.77. The van der Waals surface area contributed by atoms with Crippen molar-refractivity contribution in [1.82, 2.24) is 4.72 Å². The molecular weight excluding hydrogens is 248 g/mol. The quantitative estimate of drug-likeness (QED) is 0.870. The standard InChI is InChI=1S/C13H20N2O2S/c1-11-5-4-6-12(9-11)18(16,17)15-13(10-14)7-2-3-8-13/h4-6,9,15H,2-3,7-8,10,14H2,1H3. The van der Waals surface area contributed by atoms with Crippen molar-refractivity contribution in [3.8, 4) is 0 Å². The highest BCUT2D eigenvalue weighted by Gasteiger charge is 2.36. The van der Waals surface area contributed by atoms with Gasteiger partial charge < -0.3 is 5.73 Å². The van der Waals surface area contributed by atoms with Crippen LogP contribution < -0.4 is 10.5 Å². The number of sulfonamides is 1. The molecule has 0 saturated heterocycles. The summed E-state index contributed by atoms with van der Waals surface area (Å²) >= 11 is 0. The van der Waals surface area contributed by atoms with Crippen LogP contribution in [0, 0.1) is 6.92 Å². The maximum absolute atomic E-state index is 12.3. The Morgan fingerprint density at radius 3 is 2.56 bits per heavy atom. The smallest absolute Gasteiger partial charge is 0.241 e. The Labute approximate surface area is 109 Å². The molecule has 1 aliphatic carbocycles. The van der Waals surface area contributed by atoms with Gasteiger partial charge in [-0.25, -0.2) is 13.1 Å². The lowest BCUT2D eigenvalue weighted by Crippen LogP contribution is -2.51. The first-order chi connectivity index (χ1) is 8.47. The summed E-state index contributed by atoms with van der Waals surface area (Å²) in [6.07, 6.45) is 3.73. The number of hydrogen-bond donors (Lipinski definition) is 2. The van der Waals surface area contributed by atoms with Gasteiger partial charge in [-0.2, -0.15) is 0 Å². The highest BCUT2D eigenvalue weighted by molar-refractivity contribution is 7.89. The van der Waals surface area contributed by atoms with Gasteiger partial charge >= 0.3 is 0 Å². The van der Waals surface area contributed by atoms with Gasteiger partial charge in [-0.15, -0.1) is 0 Å². The Balaban J connectivity index is 2.27. The predicted octanol–water partition coefficient (Wildman–Crippen LogP) is 1.54. The Morgan fingerprint density at radius 1 is 1.33 bits per heavy atom. The van der Waals surface area contributed by atoms with Crippen molar-refractivity contribution in [3.63, 3.8) is 0 Å². The SMILES string of the molecule is Cc1cccc(S(=O)(=O)NC2(CN)CCCC2)c1. The van der Waals surface area contributed by atoms with Crippen LogP contribution >= 0.6 is 0 Å². The second-order valence-corrected chi connectivity index (χ2v) is 6.80. The summed E-state index contributed by atoms with van der Waals surface area (Å²) in [4.78, 5) is 0.322. The Bertz CT molecular complexity index is 520. The molecule has 5 heteroatoms. The predicted molar refractivity (Wildman–Crippen MR) is 71.8 cm³/mol. The molecule has 2 rings (SSSR count). The van der Waals surface area contributed by atoms with E-state index in [0.29, 0.717) is 11.4 Å². The number of nitrogens with one attached hydrogen (secondary N) is 1. The van der Waals surface area contributed by atoms with E-state index in [9.17, 15) is 8.42 Å². The van der Waals surface area contributed by atoms with Crippen LogP contribution in [-0.4, -0.2) is 20.5 Å². The molecule has 0 radical (unpaired) electrons. The van der Waals surface area contributed by atoms with E-state index < -0.39 is 15.6 Å². The minimum Gasteiger partial charge on any atom is -0.329 e. The molecule has 1 aromatic rings. The molecular formula is C13H20N2O2S. The molecule has 3 N–H and O–H groups in total. The van der Waals surface area contributed by atoms with Crippen LogP contribution in [-0.2, 0) is 10.0 Å². The topological polar surface area (TPSA) is 72.2 Å². The largest absolute Gasteiger partial charge is 0.329 e. The molecule has 0 aromatic heterocycles. The fourth-order valence-electron chi connectivity index (χ4n) is 2.53. The minimum absolute atomic E-state index is 0.322. The van der Waals surface area contributed by atoms with Crippen molar-refractivity contribution in [2.24, 2.45) is 5.73 Å². The van der Waals surface area contributed by atoms with E-state index >= 15 is 0 Å². The van der Waals surface area contributed by atoms with E-state index in [4.69, 9.17) is 5.73 Å². The maximum atomic E-state index is 12.3. The average molecular weight is 268 g/mol. The van der Waals surface area contributed by atoms with Gasteiger partial charge in [-0.1, -0.05) is 25.0 Å². The highest BCUT2D eigenvalue weighted by Crippen LogP contribution is 2.30. The maximum Gasteiger partial charge on any atom is 0.241 e. The van der Waals surface area contributed by atoms with Gasteiger partial charge in [0.05, 0.1) is 4.90 Å². The number of rotatable bonds is 4.